The van der Waals surface area contributed by atoms with E-state index in [0.717, 1.165) is 12.1 Å². The van der Waals surface area contributed by atoms with Crippen LogP contribution in [0.4, 0.5) is 32.2 Å². The Balaban J connectivity index is 2.57. The van der Waals surface area contributed by atoms with Crippen LogP contribution in [0.1, 0.15) is 5.56 Å². The predicted molar refractivity (Wildman–Crippen MR) is 65.8 cm³/mol. The van der Waals surface area contributed by atoms with Crippen molar-refractivity contribution in [1.29, 1.82) is 0 Å². The molecule has 0 saturated carbocycles. The first-order valence-electron chi connectivity index (χ1n) is 5.76. The number of pyridine rings is 1. The molecule has 0 fully saturated rings. The first-order chi connectivity index (χ1) is 10.1. The fourth-order valence-corrected chi connectivity index (χ4v) is 1.75. The zero-order valence-corrected chi connectivity index (χ0v) is 10.7. The maximum Gasteiger partial charge on any atom is 0.573 e. The lowest BCUT2D eigenvalue weighted by Gasteiger charge is -2.15. The second-order valence-corrected chi connectivity index (χ2v) is 4.20. The van der Waals surface area contributed by atoms with E-state index in [1.165, 1.54) is 12.1 Å². The van der Waals surface area contributed by atoms with Crippen LogP contribution in [0, 0.1) is 0 Å². The number of hydrogen-bond acceptors (Lipinski definition) is 3. The predicted octanol–water partition coefficient (Wildman–Crippen LogP) is 4.25. The summed E-state index contributed by atoms with van der Waals surface area (Å²) in [6.07, 6.45) is -9.18. The molecule has 0 aliphatic carbocycles. The number of aromatic nitrogens is 1. The van der Waals surface area contributed by atoms with Crippen LogP contribution < -0.4 is 10.5 Å². The molecule has 2 aromatic rings. The SMILES string of the molecule is Nc1ncc(C(F)(F)F)cc1-c1ccccc1OC(F)(F)F. The Morgan fingerprint density at radius 3 is 2.18 bits per heavy atom. The lowest BCUT2D eigenvalue weighted by atomic mass is 10.0. The van der Waals surface area contributed by atoms with E-state index >= 15 is 0 Å². The Hall–Kier alpha value is -2.45. The first-order valence-corrected chi connectivity index (χ1v) is 5.76. The first kappa shape index (κ1) is 15.9. The molecule has 0 radical (unpaired) electrons. The number of ether oxygens (including phenoxy) is 1. The van der Waals surface area contributed by atoms with Gasteiger partial charge in [0.25, 0.3) is 0 Å². The molecule has 1 aromatic heterocycles. The minimum atomic E-state index is -4.99. The number of alkyl halides is 6. The van der Waals surface area contributed by atoms with E-state index in [1.54, 1.807) is 0 Å². The molecular weight excluding hydrogens is 314 g/mol. The van der Waals surface area contributed by atoms with Crippen LogP contribution in [-0.2, 0) is 6.18 Å². The highest BCUT2D eigenvalue weighted by atomic mass is 19.4. The molecule has 9 heteroatoms. The van der Waals surface area contributed by atoms with E-state index in [2.05, 4.69) is 9.72 Å². The zero-order valence-electron chi connectivity index (χ0n) is 10.7. The number of para-hydroxylation sites is 1. The second-order valence-electron chi connectivity index (χ2n) is 4.20. The largest absolute Gasteiger partial charge is 0.573 e. The molecule has 0 amide bonds. The van der Waals surface area contributed by atoms with Crippen LogP contribution in [0.5, 0.6) is 5.75 Å². The zero-order chi connectivity index (χ0) is 16.5. The van der Waals surface area contributed by atoms with Crippen LogP contribution in [0.3, 0.4) is 0 Å². The van der Waals surface area contributed by atoms with Crippen molar-refractivity contribution in [3.8, 4) is 16.9 Å². The molecule has 2 N–H and O–H groups in total. The summed E-state index contributed by atoms with van der Waals surface area (Å²) in [7, 11) is 0. The summed E-state index contributed by atoms with van der Waals surface area (Å²) < 4.78 is 79.0. The van der Waals surface area contributed by atoms with Crippen LogP contribution in [0.25, 0.3) is 11.1 Å². The highest BCUT2D eigenvalue weighted by Crippen LogP contribution is 2.38. The van der Waals surface area contributed by atoms with Gasteiger partial charge in [-0.2, -0.15) is 13.2 Å². The van der Waals surface area contributed by atoms with Crippen molar-refractivity contribution < 1.29 is 31.1 Å². The van der Waals surface area contributed by atoms with Crippen LogP contribution in [0.2, 0.25) is 0 Å². The summed E-state index contributed by atoms with van der Waals surface area (Å²) in [5.74, 6) is -1.01. The fourth-order valence-electron chi connectivity index (χ4n) is 1.75. The van der Waals surface area contributed by atoms with Crippen molar-refractivity contribution in [3.05, 3.63) is 42.1 Å². The van der Waals surface area contributed by atoms with E-state index in [9.17, 15) is 26.3 Å². The van der Waals surface area contributed by atoms with Gasteiger partial charge in [-0.3, -0.25) is 0 Å². The van der Waals surface area contributed by atoms with Gasteiger partial charge in [-0.25, -0.2) is 4.98 Å². The summed E-state index contributed by atoms with van der Waals surface area (Å²) >= 11 is 0. The Kier molecular flexibility index (Phi) is 3.90. The molecule has 3 nitrogen and oxygen atoms in total. The Bertz CT molecular complexity index is 681. The van der Waals surface area contributed by atoms with Crippen LogP contribution in [-0.4, -0.2) is 11.3 Å². The van der Waals surface area contributed by atoms with Gasteiger partial charge in [-0.05, 0) is 12.1 Å². The van der Waals surface area contributed by atoms with E-state index in [1.807, 2.05) is 0 Å². The minimum Gasteiger partial charge on any atom is -0.405 e. The quantitative estimate of drug-likeness (QED) is 0.841. The van der Waals surface area contributed by atoms with Gasteiger partial charge in [0, 0.05) is 17.3 Å². The van der Waals surface area contributed by atoms with Crippen LogP contribution in [0.15, 0.2) is 36.5 Å². The number of nitrogens with two attached hydrogens (primary N) is 1. The highest BCUT2D eigenvalue weighted by Gasteiger charge is 2.34. The number of anilines is 1. The van der Waals surface area contributed by atoms with E-state index in [0.29, 0.717) is 12.3 Å². The van der Waals surface area contributed by atoms with E-state index < -0.39 is 23.9 Å². The molecule has 2 rings (SSSR count). The second kappa shape index (κ2) is 5.39. The summed E-state index contributed by atoms with van der Waals surface area (Å²) in [5.41, 5.74) is 3.82. The molecule has 0 bridgehead atoms. The summed E-state index contributed by atoms with van der Waals surface area (Å²) in [4.78, 5) is 3.38. The third kappa shape index (κ3) is 3.60. The van der Waals surface area contributed by atoms with Gasteiger partial charge in [0.15, 0.2) is 0 Å². The Labute approximate surface area is 120 Å². The smallest absolute Gasteiger partial charge is 0.405 e. The number of benzene rings is 1. The molecule has 0 spiro atoms. The lowest BCUT2D eigenvalue weighted by molar-refractivity contribution is -0.274. The van der Waals surface area contributed by atoms with Gasteiger partial charge in [-0.1, -0.05) is 18.2 Å². The monoisotopic (exact) mass is 322 g/mol. The number of nitrogens with zero attached hydrogens (tertiary/aromatic N) is 1. The van der Waals surface area contributed by atoms with Gasteiger partial charge >= 0.3 is 12.5 Å². The number of hydrogen-bond donors (Lipinski definition) is 1. The minimum absolute atomic E-state index is 0.240. The average molecular weight is 322 g/mol. The van der Waals surface area contributed by atoms with Gasteiger partial charge in [-0.15, -0.1) is 13.2 Å². The Morgan fingerprint density at radius 2 is 1.59 bits per heavy atom. The Morgan fingerprint density at radius 1 is 0.955 bits per heavy atom. The summed E-state index contributed by atoms with van der Waals surface area (Å²) in [5, 5.41) is 0. The normalized spacial score (nSPS) is 12.3. The maximum absolute atomic E-state index is 12.7. The van der Waals surface area contributed by atoms with Crippen molar-refractivity contribution in [1.82, 2.24) is 4.98 Å². The number of nitrogen functional groups attached to an aromatic ring is 1. The fraction of sp³-hybridized carbons (Fsp3) is 0.154. The molecule has 0 aliphatic heterocycles. The van der Waals surface area contributed by atoms with Gasteiger partial charge < -0.3 is 10.5 Å². The van der Waals surface area contributed by atoms with Gasteiger partial charge in [0.2, 0.25) is 0 Å². The van der Waals surface area contributed by atoms with Gasteiger partial charge in [0.1, 0.15) is 11.6 Å². The average Bonchev–Trinajstić information content (AvgIpc) is 2.37. The van der Waals surface area contributed by atoms with Crippen molar-refractivity contribution >= 4 is 5.82 Å². The maximum atomic E-state index is 12.7. The molecule has 0 unspecified atom stereocenters. The van der Waals surface area contributed by atoms with Crippen molar-refractivity contribution in [2.24, 2.45) is 0 Å². The van der Waals surface area contributed by atoms with Crippen LogP contribution >= 0.6 is 0 Å². The van der Waals surface area contributed by atoms with E-state index in [4.69, 9.17) is 5.73 Å². The molecular formula is C13H8F6N2O. The summed E-state index contributed by atoms with van der Waals surface area (Å²) in [6, 6.07) is 5.36. The van der Waals surface area contributed by atoms with Gasteiger partial charge in [0.05, 0.1) is 5.56 Å². The molecule has 0 aliphatic rings. The molecule has 0 saturated heterocycles. The van der Waals surface area contributed by atoms with Crippen molar-refractivity contribution in [3.63, 3.8) is 0 Å². The lowest BCUT2D eigenvalue weighted by Crippen LogP contribution is -2.17. The van der Waals surface area contributed by atoms with E-state index in [-0.39, 0.29) is 16.9 Å². The third-order valence-corrected chi connectivity index (χ3v) is 2.65. The standard InChI is InChI=1S/C13H8F6N2O/c14-12(15,16)7-5-9(11(20)21-6-7)8-3-1-2-4-10(8)22-13(17,18)19/h1-6H,(H2,20,21). The molecule has 0 atom stereocenters. The molecule has 1 aromatic carbocycles. The number of rotatable bonds is 2. The summed E-state index contributed by atoms with van der Waals surface area (Å²) in [6.45, 7) is 0. The van der Waals surface area contributed by atoms with Crippen molar-refractivity contribution in [2.45, 2.75) is 12.5 Å². The highest BCUT2D eigenvalue weighted by molar-refractivity contribution is 5.78. The molecule has 22 heavy (non-hydrogen) atoms. The molecule has 118 valence electrons. The topological polar surface area (TPSA) is 48.1 Å². The van der Waals surface area contributed by atoms with Crippen molar-refractivity contribution in [2.75, 3.05) is 5.73 Å². The third-order valence-electron chi connectivity index (χ3n) is 2.65. The number of halogens is 6. The molecule has 1 heterocycles.